The number of nitrogens with one attached hydrogen (secondary N) is 2. The zero-order valence-corrected chi connectivity index (χ0v) is 13.0. The topological polar surface area (TPSA) is 63.2 Å². The molecule has 0 aliphatic heterocycles. The van der Waals surface area contributed by atoms with Gasteiger partial charge in [-0.3, -0.25) is 0 Å². The molecule has 1 aliphatic carbocycles. The Bertz CT molecular complexity index is 705. The highest BCUT2D eigenvalue weighted by atomic mass is 35.5. The van der Waals surface area contributed by atoms with E-state index in [1.165, 1.54) is 0 Å². The van der Waals surface area contributed by atoms with Crippen molar-refractivity contribution >= 4 is 34.9 Å². The summed E-state index contributed by atoms with van der Waals surface area (Å²) in [5, 5.41) is 6.28. The van der Waals surface area contributed by atoms with E-state index in [0.717, 1.165) is 12.8 Å². The Morgan fingerprint density at radius 1 is 1.18 bits per heavy atom. The van der Waals surface area contributed by atoms with Crippen LogP contribution in [0.2, 0.25) is 10.2 Å². The van der Waals surface area contributed by atoms with Crippen molar-refractivity contribution in [2.45, 2.75) is 18.9 Å². The average Bonchev–Trinajstić information content (AvgIpc) is 3.26. The maximum atomic E-state index is 11.7. The lowest BCUT2D eigenvalue weighted by atomic mass is 10.3. The third-order valence-corrected chi connectivity index (χ3v) is 3.55. The van der Waals surface area contributed by atoms with E-state index in [9.17, 15) is 4.79 Å². The second-order valence-electron chi connectivity index (χ2n) is 4.93. The minimum Gasteiger partial charge on any atom is -0.457 e. The number of amides is 2. The van der Waals surface area contributed by atoms with E-state index in [2.05, 4.69) is 15.6 Å². The van der Waals surface area contributed by atoms with Gasteiger partial charge in [-0.05, 0) is 31.0 Å². The van der Waals surface area contributed by atoms with Gasteiger partial charge in [0, 0.05) is 24.4 Å². The van der Waals surface area contributed by atoms with Gasteiger partial charge in [-0.15, -0.1) is 0 Å². The number of carbonyl (C=O) groups excluding carboxylic acids is 1. The van der Waals surface area contributed by atoms with Crippen LogP contribution in [0.15, 0.2) is 36.5 Å². The van der Waals surface area contributed by atoms with Crippen LogP contribution in [0.3, 0.4) is 0 Å². The lowest BCUT2D eigenvalue weighted by Gasteiger charge is -2.10. The molecule has 1 saturated carbocycles. The monoisotopic (exact) mass is 337 g/mol. The maximum absolute atomic E-state index is 11.7. The molecule has 2 amide bonds. The lowest BCUT2D eigenvalue weighted by molar-refractivity contribution is 0.251. The van der Waals surface area contributed by atoms with Crippen molar-refractivity contribution in [2.24, 2.45) is 0 Å². The molecule has 1 heterocycles. The van der Waals surface area contributed by atoms with Crippen LogP contribution in [0.25, 0.3) is 0 Å². The van der Waals surface area contributed by atoms with Gasteiger partial charge in [-0.25, -0.2) is 9.78 Å². The summed E-state index contributed by atoms with van der Waals surface area (Å²) in [6, 6.07) is 8.36. The maximum Gasteiger partial charge on any atom is 0.319 e. The molecule has 1 aromatic heterocycles. The largest absolute Gasteiger partial charge is 0.457 e. The van der Waals surface area contributed by atoms with Crippen molar-refractivity contribution in [3.05, 3.63) is 46.7 Å². The number of rotatable bonds is 4. The van der Waals surface area contributed by atoms with Gasteiger partial charge in [0.2, 0.25) is 0 Å². The first-order valence-corrected chi connectivity index (χ1v) is 7.52. The normalized spacial score (nSPS) is 13.5. The molecule has 22 heavy (non-hydrogen) atoms. The van der Waals surface area contributed by atoms with E-state index in [1.807, 2.05) is 0 Å². The zero-order chi connectivity index (χ0) is 15.5. The van der Waals surface area contributed by atoms with Gasteiger partial charge in [0.25, 0.3) is 0 Å². The summed E-state index contributed by atoms with van der Waals surface area (Å²) in [4.78, 5) is 15.6. The Morgan fingerprint density at radius 2 is 1.95 bits per heavy atom. The van der Waals surface area contributed by atoms with Crippen molar-refractivity contribution in [3.8, 4) is 11.5 Å². The van der Waals surface area contributed by atoms with Crippen LogP contribution in [-0.4, -0.2) is 17.1 Å². The number of aromatic nitrogens is 1. The number of carbonyl (C=O) groups is 1. The van der Waals surface area contributed by atoms with E-state index in [1.54, 1.807) is 36.5 Å². The molecule has 0 atom stereocenters. The fourth-order valence-corrected chi connectivity index (χ4v) is 2.20. The Balaban J connectivity index is 1.67. The smallest absolute Gasteiger partial charge is 0.319 e. The van der Waals surface area contributed by atoms with Gasteiger partial charge < -0.3 is 15.4 Å². The zero-order valence-electron chi connectivity index (χ0n) is 11.5. The molecule has 0 bridgehead atoms. The molecule has 114 valence electrons. The molecule has 1 fully saturated rings. The molecule has 1 aromatic carbocycles. The number of pyridine rings is 1. The van der Waals surface area contributed by atoms with Gasteiger partial charge in [0.15, 0.2) is 0 Å². The number of hydrogen-bond donors (Lipinski definition) is 2. The summed E-state index contributed by atoms with van der Waals surface area (Å²) in [5.41, 5.74) is 0.528. The van der Waals surface area contributed by atoms with Crippen molar-refractivity contribution in [1.29, 1.82) is 0 Å². The van der Waals surface area contributed by atoms with Gasteiger partial charge in [-0.2, -0.15) is 0 Å². The summed E-state index contributed by atoms with van der Waals surface area (Å²) in [5.74, 6) is 1.10. The third kappa shape index (κ3) is 4.02. The Hall–Kier alpha value is -1.98. The SMILES string of the molecule is O=C(Nc1ccc(Oc2ccnc(Cl)c2)cc1Cl)NC1CC1. The fourth-order valence-electron chi connectivity index (χ4n) is 1.82. The Morgan fingerprint density at radius 3 is 2.64 bits per heavy atom. The van der Waals surface area contributed by atoms with Gasteiger partial charge in [0.05, 0.1) is 10.7 Å². The van der Waals surface area contributed by atoms with Crippen LogP contribution < -0.4 is 15.4 Å². The third-order valence-electron chi connectivity index (χ3n) is 3.04. The number of nitrogens with zero attached hydrogens (tertiary/aromatic N) is 1. The first kappa shape index (κ1) is 14.9. The second kappa shape index (κ2) is 6.42. The molecule has 0 radical (unpaired) electrons. The van der Waals surface area contributed by atoms with E-state index in [0.29, 0.717) is 27.4 Å². The number of ether oxygens (including phenoxy) is 1. The average molecular weight is 338 g/mol. The van der Waals surface area contributed by atoms with Crippen LogP contribution in [0.1, 0.15) is 12.8 Å². The lowest BCUT2D eigenvalue weighted by Crippen LogP contribution is -2.30. The molecule has 0 saturated heterocycles. The van der Waals surface area contributed by atoms with Crippen molar-refractivity contribution < 1.29 is 9.53 Å². The molecule has 1 aliphatic rings. The predicted molar refractivity (Wildman–Crippen MR) is 85.9 cm³/mol. The van der Waals surface area contributed by atoms with Crippen molar-refractivity contribution in [3.63, 3.8) is 0 Å². The van der Waals surface area contributed by atoms with E-state index in [-0.39, 0.29) is 12.1 Å². The molecule has 0 spiro atoms. The van der Waals surface area contributed by atoms with Crippen LogP contribution in [0, 0.1) is 0 Å². The first-order valence-electron chi connectivity index (χ1n) is 6.76. The Labute approximate surface area is 137 Å². The number of anilines is 1. The second-order valence-corrected chi connectivity index (χ2v) is 5.73. The number of urea groups is 1. The van der Waals surface area contributed by atoms with Crippen molar-refractivity contribution in [1.82, 2.24) is 10.3 Å². The molecular formula is C15H13Cl2N3O2. The standard InChI is InChI=1S/C15H13Cl2N3O2/c16-12-7-10(22-11-5-6-18-14(17)8-11)3-4-13(12)20-15(21)19-9-1-2-9/h3-9H,1-2H2,(H2,19,20,21). The van der Waals surface area contributed by atoms with E-state index in [4.69, 9.17) is 27.9 Å². The molecule has 3 rings (SSSR count). The summed E-state index contributed by atoms with van der Waals surface area (Å²) < 4.78 is 5.64. The van der Waals surface area contributed by atoms with Crippen molar-refractivity contribution in [2.75, 3.05) is 5.32 Å². The van der Waals surface area contributed by atoms with E-state index < -0.39 is 0 Å². The molecular weight excluding hydrogens is 325 g/mol. The summed E-state index contributed by atoms with van der Waals surface area (Å²) in [7, 11) is 0. The van der Waals surface area contributed by atoms with Gasteiger partial charge in [0.1, 0.15) is 16.7 Å². The fraction of sp³-hybridized carbons (Fsp3) is 0.200. The minimum atomic E-state index is -0.251. The quantitative estimate of drug-likeness (QED) is 0.809. The highest BCUT2D eigenvalue weighted by molar-refractivity contribution is 6.33. The summed E-state index contributed by atoms with van der Waals surface area (Å²) in [6.07, 6.45) is 3.61. The predicted octanol–water partition coefficient (Wildman–Crippen LogP) is 4.46. The molecule has 7 heteroatoms. The number of benzene rings is 1. The van der Waals surface area contributed by atoms with E-state index >= 15 is 0 Å². The minimum absolute atomic E-state index is 0.251. The molecule has 2 N–H and O–H groups in total. The summed E-state index contributed by atoms with van der Waals surface area (Å²) in [6.45, 7) is 0. The highest BCUT2D eigenvalue weighted by Crippen LogP contribution is 2.30. The molecule has 2 aromatic rings. The van der Waals surface area contributed by atoms with Gasteiger partial charge in [-0.1, -0.05) is 23.2 Å². The molecule has 0 unspecified atom stereocenters. The van der Waals surface area contributed by atoms with Crippen LogP contribution >= 0.6 is 23.2 Å². The highest BCUT2D eigenvalue weighted by Gasteiger charge is 2.23. The van der Waals surface area contributed by atoms with Crippen LogP contribution in [0.4, 0.5) is 10.5 Å². The Kier molecular flexibility index (Phi) is 4.36. The van der Waals surface area contributed by atoms with Crippen LogP contribution in [0.5, 0.6) is 11.5 Å². The first-order chi connectivity index (χ1) is 10.6. The summed E-state index contributed by atoms with van der Waals surface area (Å²) >= 11 is 12.0. The van der Waals surface area contributed by atoms with Crippen LogP contribution in [-0.2, 0) is 0 Å². The molecule has 5 nitrogen and oxygen atoms in total. The number of halogens is 2. The van der Waals surface area contributed by atoms with Gasteiger partial charge >= 0.3 is 6.03 Å². The number of hydrogen-bond acceptors (Lipinski definition) is 3.